The van der Waals surface area contributed by atoms with Gasteiger partial charge in [0.2, 0.25) is 0 Å². The molecular weight excluding hydrogens is 300 g/mol. The Kier molecular flexibility index (Phi) is 4.61. The molecule has 0 heteroatoms. The Labute approximate surface area is 151 Å². The van der Waals surface area contributed by atoms with Gasteiger partial charge in [0, 0.05) is 0 Å². The van der Waals surface area contributed by atoms with Gasteiger partial charge in [0.25, 0.3) is 0 Å². The summed E-state index contributed by atoms with van der Waals surface area (Å²) < 4.78 is 0. The molecule has 0 aliphatic heterocycles. The summed E-state index contributed by atoms with van der Waals surface area (Å²) in [5.74, 6) is 2.26. The quantitative estimate of drug-likeness (QED) is 0.474. The van der Waals surface area contributed by atoms with Crippen LogP contribution in [0.15, 0.2) is 66.7 Å². The predicted octanol–water partition coefficient (Wildman–Crippen LogP) is 7.23. The van der Waals surface area contributed by atoms with E-state index in [0.29, 0.717) is 5.92 Å². The third kappa shape index (κ3) is 3.49. The molecule has 0 N–H and O–H groups in total. The second-order valence-corrected chi connectivity index (χ2v) is 7.99. The van der Waals surface area contributed by atoms with Gasteiger partial charge in [0.1, 0.15) is 0 Å². The molecule has 1 fully saturated rings. The molecule has 1 aliphatic rings. The summed E-state index contributed by atoms with van der Waals surface area (Å²) in [5, 5.41) is 2.81. The average molecular weight is 328 g/mol. The van der Waals surface area contributed by atoms with Crippen LogP contribution in [0.1, 0.15) is 61.1 Å². The fraction of sp³-hybridized carbons (Fsp3) is 0.360. The largest absolute Gasteiger partial charge is 0.0616 e. The van der Waals surface area contributed by atoms with Crippen LogP contribution in [0, 0.1) is 12.8 Å². The van der Waals surface area contributed by atoms with Crippen LogP contribution in [0.2, 0.25) is 0 Å². The normalized spacial score (nSPS) is 21.5. The zero-order valence-electron chi connectivity index (χ0n) is 15.4. The smallest absolute Gasteiger partial charge is 0.0149 e. The molecular formula is C25H28. The minimum absolute atomic E-state index is 0.632. The van der Waals surface area contributed by atoms with E-state index in [0.717, 1.165) is 11.8 Å². The van der Waals surface area contributed by atoms with Gasteiger partial charge in [-0.3, -0.25) is 0 Å². The van der Waals surface area contributed by atoms with Gasteiger partial charge in [-0.1, -0.05) is 79.2 Å². The van der Waals surface area contributed by atoms with Crippen LogP contribution < -0.4 is 0 Å². The van der Waals surface area contributed by atoms with Crippen LogP contribution in [0.25, 0.3) is 10.8 Å². The fourth-order valence-electron chi connectivity index (χ4n) is 4.74. The van der Waals surface area contributed by atoms with Gasteiger partial charge >= 0.3 is 0 Å². The first-order valence-corrected chi connectivity index (χ1v) is 9.75. The van der Waals surface area contributed by atoms with Gasteiger partial charge < -0.3 is 0 Å². The summed E-state index contributed by atoms with van der Waals surface area (Å²) in [4.78, 5) is 0. The molecule has 1 saturated carbocycles. The summed E-state index contributed by atoms with van der Waals surface area (Å²) in [7, 11) is 0. The summed E-state index contributed by atoms with van der Waals surface area (Å²) >= 11 is 0. The first kappa shape index (κ1) is 16.4. The molecule has 0 amide bonds. The van der Waals surface area contributed by atoms with E-state index >= 15 is 0 Å². The Morgan fingerprint density at radius 3 is 2.48 bits per heavy atom. The second kappa shape index (κ2) is 7.04. The summed E-state index contributed by atoms with van der Waals surface area (Å²) in [5.41, 5.74) is 4.44. The highest BCUT2D eigenvalue weighted by molar-refractivity contribution is 5.86. The molecule has 3 atom stereocenters. The van der Waals surface area contributed by atoms with Gasteiger partial charge in [-0.05, 0) is 72.3 Å². The minimum Gasteiger partial charge on any atom is -0.0616 e. The van der Waals surface area contributed by atoms with Crippen molar-refractivity contribution in [3.63, 3.8) is 0 Å². The van der Waals surface area contributed by atoms with Crippen molar-refractivity contribution < 1.29 is 0 Å². The molecule has 0 unspecified atom stereocenters. The van der Waals surface area contributed by atoms with Gasteiger partial charge in [-0.2, -0.15) is 0 Å². The highest BCUT2D eigenvalue weighted by atomic mass is 14.3. The molecule has 0 heterocycles. The number of rotatable bonds is 4. The molecule has 0 aromatic heterocycles. The van der Waals surface area contributed by atoms with E-state index in [1.165, 1.54) is 47.6 Å². The van der Waals surface area contributed by atoms with E-state index in [1.54, 1.807) is 5.56 Å². The second-order valence-electron chi connectivity index (χ2n) is 7.99. The summed E-state index contributed by atoms with van der Waals surface area (Å²) in [6.07, 6.45) is 5.41. The Bertz CT molecular complexity index is 838. The van der Waals surface area contributed by atoms with Gasteiger partial charge in [-0.15, -0.1) is 0 Å². The lowest BCUT2D eigenvalue weighted by atomic mass is 9.86. The van der Waals surface area contributed by atoms with Crippen LogP contribution >= 0.6 is 0 Å². The van der Waals surface area contributed by atoms with Crippen LogP contribution in [0.3, 0.4) is 0 Å². The lowest BCUT2D eigenvalue weighted by Gasteiger charge is -2.19. The van der Waals surface area contributed by atoms with E-state index in [9.17, 15) is 0 Å². The number of benzene rings is 3. The van der Waals surface area contributed by atoms with Crippen molar-refractivity contribution in [3.05, 3.63) is 83.4 Å². The zero-order chi connectivity index (χ0) is 17.2. The fourth-order valence-corrected chi connectivity index (χ4v) is 4.74. The van der Waals surface area contributed by atoms with Gasteiger partial charge in [0.15, 0.2) is 0 Å². The van der Waals surface area contributed by atoms with Crippen molar-refractivity contribution in [2.24, 2.45) is 5.92 Å². The molecule has 0 spiro atoms. The van der Waals surface area contributed by atoms with E-state index in [4.69, 9.17) is 0 Å². The number of hydrogen-bond acceptors (Lipinski definition) is 0. The summed E-state index contributed by atoms with van der Waals surface area (Å²) in [6, 6.07) is 24.8. The topological polar surface area (TPSA) is 0 Å². The maximum atomic E-state index is 2.42. The molecule has 4 rings (SSSR count). The number of fused-ring (bicyclic) bond motifs is 1. The molecule has 3 aromatic carbocycles. The Morgan fingerprint density at radius 1 is 0.880 bits per heavy atom. The van der Waals surface area contributed by atoms with Gasteiger partial charge in [0.05, 0.1) is 0 Å². The highest BCUT2D eigenvalue weighted by Gasteiger charge is 2.27. The van der Waals surface area contributed by atoms with Crippen molar-refractivity contribution in [3.8, 4) is 0 Å². The van der Waals surface area contributed by atoms with Crippen LogP contribution in [0.4, 0.5) is 0 Å². The number of hydrogen-bond donors (Lipinski definition) is 0. The molecule has 0 bridgehead atoms. The molecule has 0 saturated heterocycles. The first-order valence-electron chi connectivity index (χ1n) is 9.75. The molecule has 25 heavy (non-hydrogen) atoms. The van der Waals surface area contributed by atoms with E-state index in [-0.39, 0.29) is 0 Å². The monoisotopic (exact) mass is 328 g/mol. The SMILES string of the molecule is Cc1ccc([C@@H]2CC[C@H](C[C@H](C)c3cccc4ccccc34)C2)cc1. The molecule has 1 aliphatic carbocycles. The van der Waals surface area contributed by atoms with Gasteiger partial charge in [-0.25, -0.2) is 0 Å². The van der Waals surface area contributed by atoms with Crippen molar-refractivity contribution in [2.45, 2.75) is 51.4 Å². The molecule has 3 aromatic rings. The molecule has 0 radical (unpaired) electrons. The van der Waals surface area contributed by atoms with Crippen molar-refractivity contribution >= 4 is 10.8 Å². The van der Waals surface area contributed by atoms with Crippen molar-refractivity contribution in [1.29, 1.82) is 0 Å². The number of aryl methyl sites for hydroxylation is 1. The first-order chi connectivity index (χ1) is 12.2. The predicted molar refractivity (Wildman–Crippen MR) is 108 cm³/mol. The highest BCUT2D eigenvalue weighted by Crippen LogP contribution is 2.43. The third-order valence-electron chi connectivity index (χ3n) is 6.13. The van der Waals surface area contributed by atoms with Crippen molar-refractivity contribution in [1.82, 2.24) is 0 Å². The Morgan fingerprint density at radius 2 is 1.64 bits per heavy atom. The summed E-state index contributed by atoms with van der Waals surface area (Å²) in [6.45, 7) is 4.59. The standard InChI is InChI=1S/C25H28/c1-18-10-13-21(14-11-18)23-15-12-20(17-23)16-19(2)24-9-5-7-22-6-3-4-8-25(22)24/h3-11,13-14,19-20,23H,12,15-17H2,1-2H3/t19-,20+,23+/m0/s1. The average Bonchev–Trinajstić information content (AvgIpc) is 3.10. The molecule has 128 valence electrons. The lowest BCUT2D eigenvalue weighted by Crippen LogP contribution is -2.03. The van der Waals surface area contributed by atoms with Crippen LogP contribution in [0.5, 0.6) is 0 Å². The van der Waals surface area contributed by atoms with Crippen LogP contribution in [-0.2, 0) is 0 Å². The minimum atomic E-state index is 0.632. The van der Waals surface area contributed by atoms with Crippen LogP contribution in [-0.4, -0.2) is 0 Å². The molecule has 0 nitrogen and oxygen atoms in total. The maximum absolute atomic E-state index is 2.42. The van der Waals surface area contributed by atoms with E-state index < -0.39 is 0 Å². The van der Waals surface area contributed by atoms with E-state index in [2.05, 4.69) is 80.6 Å². The third-order valence-corrected chi connectivity index (χ3v) is 6.13. The van der Waals surface area contributed by atoms with Crippen molar-refractivity contribution in [2.75, 3.05) is 0 Å². The Balaban J connectivity index is 1.46. The maximum Gasteiger partial charge on any atom is -0.0149 e. The zero-order valence-corrected chi connectivity index (χ0v) is 15.4. The lowest BCUT2D eigenvalue weighted by molar-refractivity contribution is 0.456. The van der Waals surface area contributed by atoms with E-state index in [1.807, 2.05) is 0 Å². The Hall–Kier alpha value is -2.08.